The minimum atomic E-state index is -1.31. The highest BCUT2D eigenvalue weighted by molar-refractivity contribution is 5.80. The van der Waals surface area contributed by atoms with Gasteiger partial charge in [0.1, 0.15) is 0 Å². The van der Waals surface area contributed by atoms with Crippen molar-refractivity contribution in [2.75, 3.05) is 78.8 Å². The van der Waals surface area contributed by atoms with Gasteiger partial charge in [-0.3, -0.25) is 19.4 Å². The SMILES string of the molecule is O=C([O-])CN(CC(=O)N1CCOCC1)C1CCCCC1N(CC(=O)[O-])CC(=O)N1CCOCC1. The third kappa shape index (κ3) is 7.62. The average Bonchev–Trinajstić information content (AvgIpc) is 2.83. The molecule has 3 aliphatic rings. The summed E-state index contributed by atoms with van der Waals surface area (Å²) in [5.41, 5.74) is 0. The van der Waals surface area contributed by atoms with Crippen molar-refractivity contribution in [1.82, 2.24) is 19.6 Å². The van der Waals surface area contributed by atoms with E-state index in [1.54, 1.807) is 19.6 Å². The van der Waals surface area contributed by atoms with E-state index in [4.69, 9.17) is 9.47 Å². The number of hydrogen-bond acceptors (Lipinski definition) is 10. The van der Waals surface area contributed by atoms with Gasteiger partial charge in [-0.15, -0.1) is 0 Å². The summed E-state index contributed by atoms with van der Waals surface area (Å²) in [7, 11) is 0. The van der Waals surface area contributed by atoms with Crippen molar-refractivity contribution in [2.24, 2.45) is 0 Å². The summed E-state index contributed by atoms with van der Waals surface area (Å²) < 4.78 is 10.6. The second-order valence-electron chi connectivity index (χ2n) is 8.96. The first-order valence-electron chi connectivity index (χ1n) is 11.9. The number of nitrogens with zero attached hydrogens (tertiary/aromatic N) is 4. The summed E-state index contributed by atoms with van der Waals surface area (Å²) >= 11 is 0. The van der Waals surface area contributed by atoms with Crippen molar-refractivity contribution in [3.63, 3.8) is 0 Å². The van der Waals surface area contributed by atoms with Crippen LogP contribution in [0.2, 0.25) is 0 Å². The van der Waals surface area contributed by atoms with Crippen LogP contribution in [0, 0.1) is 0 Å². The van der Waals surface area contributed by atoms with Gasteiger partial charge in [-0.2, -0.15) is 0 Å². The maximum absolute atomic E-state index is 12.9. The number of amides is 2. The second-order valence-corrected chi connectivity index (χ2v) is 8.96. The van der Waals surface area contributed by atoms with Crippen LogP contribution in [0.1, 0.15) is 25.7 Å². The monoisotopic (exact) mass is 482 g/mol. The molecular weight excluding hydrogens is 448 g/mol. The lowest BCUT2D eigenvalue weighted by atomic mass is 9.87. The Morgan fingerprint density at radius 2 is 1.00 bits per heavy atom. The van der Waals surface area contributed by atoms with Gasteiger partial charge in [0.2, 0.25) is 11.8 Å². The zero-order chi connectivity index (χ0) is 24.5. The number of hydrogen-bond donors (Lipinski definition) is 0. The first-order valence-corrected chi connectivity index (χ1v) is 11.9. The molecule has 0 bridgehead atoms. The number of carbonyl (C=O) groups excluding carboxylic acids is 4. The molecule has 1 saturated carbocycles. The Morgan fingerprint density at radius 1 is 0.647 bits per heavy atom. The summed E-state index contributed by atoms with van der Waals surface area (Å²) in [6.45, 7) is 2.35. The van der Waals surface area contributed by atoms with Gasteiger partial charge in [-0.25, -0.2) is 0 Å². The van der Waals surface area contributed by atoms with E-state index < -0.39 is 37.1 Å². The van der Waals surface area contributed by atoms with Gasteiger partial charge in [0.15, 0.2) is 0 Å². The predicted octanol–water partition coefficient (Wildman–Crippen LogP) is -3.88. The van der Waals surface area contributed by atoms with Gasteiger partial charge in [0, 0.05) is 51.4 Å². The number of carboxylic acid groups (broad SMARTS) is 2. The molecule has 0 aromatic carbocycles. The van der Waals surface area contributed by atoms with E-state index in [0.717, 1.165) is 12.8 Å². The summed E-state index contributed by atoms with van der Waals surface area (Å²) in [5, 5.41) is 23.1. The first kappa shape index (κ1) is 26.3. The summed E-state index contributed by atoms with van der Waals surface area (Å²) in [6, 6.07) is -0.818. The third-order valence-corrected chi connectivity index (χ3v) is 6.70. The molecule has 0 aromatic heterocycles. The molecule has 2 saturated heterocycles. The van der Waals surface area contributed by atoms with E-state index in [-0.39, 0.29) is 24.9 Å². The highest BCUT2D eigenvalue weighted by Crippen LogP contribution is 2.27. The molecule has 3 fully saturated rings. The van der Waals surface area contributed by atoms with Gasteiger partial charge in [0.05, 0.1) is 51.5 Å². The average molecular weight is 483 g/mol. The fraction of sp³-hybridized carbons (Fsp3) is 0.818. The Kier molecular flexibility index (Phi) is 10.1. The van der Waals surface area contributed by atoms with Crippen molar-refractivity contribution in [1.29, 1.82) is 0 Å². The lowest BCUT2D eigenvalue weighted by Gasteiger charge is -2.45. The number of morpholine rings is 2. The largest absolute Gasteiger partial charge is 0.549 e. The maximum atomic E-state index is 12.9. The van der Waals surface area contributed by atoms with Gasteiger partial charge in [-0.1, -0.05) is 12.8 Å². The molecule has 0 aromatic rings. The molecule has 3 rings (SSSR count). The van der Waals surface area contributed by atoms with E-state index >= 15 is 0 Å². The smallest absolute Gasteiger partial charge is 0.236 e. The molecule has 2 heterocycles. The lowest BCUT2D eigenvalue weighted by molar-refractivity contribution is -0.309. The highest BCUT2D eigenvalue weighted by Gasteiger charge is 2.37. The number of carbonyl (C=O) groups is 4. The number of rotatable bonds is 10. The second kappa shape index (κ2) is 13.0. The molecule has 0 radical (unpaired) electrons. The Balaban J connectivity index is 1.76. The Labute approximate surface area is 199 Å². The summed E-state index contributed by atoms with van der Waals surface area (Å²) in [5.74, 6) is -3.03. The maximum Gasteiger partial charge on any atom is 0.236 e. The lowest BCUT2D eigenvalue weighted by Crippen LogP contribution is -2.60. The van der Waals surface area contributed by atoms with Crippen molar-refractivity contribution < 1.29 is 38.9 Å². The number of aliphatic carboxylic acids is 2. The Hall–Kier alpha value is -2.28. The van der Waals surface area contributed by atoms with Gasteiger partial charge < -0.3 is 39.1 Å². The standard InChI is InChI=1S/C22H36N4O8/c27-19(23-5-9-33-10-6-23)13-25(15-21(29)30)17-3-1-2-4-18(17)26(16-22(31)32)14-20(28)24-7-11-34-12-8-24/h17-18H,1-16H2,(H,29,30)(H,31,32)/p-2. The van der Waals surface area contributed by atoms with E-state index in [1.165, 1.54) is 0 Å². The van der Waals surface area contributed by atoms with Crippen molar-refractivity contribution >= 4 is 23.8 Å². The highest BCUT2D eigenvalue weighted by atomic mass is 16.5. The first-order chi connectivity index (χ1) is 16.3. The van der Waals surface area contributed by atoms with Gasteiger partial charge in [0.25, 0.3) is 0 Å². The topological polar surface area (TPSA) is 146 Å². The molecular formula is C22H34N4O8-2. The van der Waals surface area contributed by atoms with E-state index in [0.29, 0.717) is 65.4 Å². The molecule has 12 heteroatoms. The Bertz CT molecular complexity index is 664. The zero-order valence-corrected chi connectivity index (χ0v) is 19.5. The van der Waals surface area contributed by atoms with Gasteiger partial charge >= 0.3 is 0 Å². The molecule has 12 nitrogen and oxygen atoms in total. The van der Waals surface area contributed by atoms with Gasteiger partial charge in [-0.05, 0) is 12.8 Å². The van der Waals surface area contributed by atoms with Crippen LogP contribution in [0.3, 0.4) is 0 Å². The fourth-order valence-corrected chi connectivity index (χ4v) is 5.03. The summed E-state index contributed by atoms with van der Waals surface area (Å²) in [4.78, 5) is 55.3. The molecule has 0 N–H and O–H groups in total. The minimum absolute atomic E-state index is 0.119. The van der Waals surface area contributed by atoms with Crippen LogP contribution in [-0.2, 0) is 28.7 Å². The zero-order valence-electron chi connectivity index (χ0n) is 19.5. The van der Waals surface area contributed by atoms with Crippen molar-refractivity contribution in [3.8, 4) is 0 Å². The fourth-order valence-electron chi connectivity index (χ4n) is 5.03. The predicted molar refractivity (Wildman–Crippen MR) is 114 cm³/mol. The van der Waals surface area contributed by atoms with Crippen LogP contribution < -0.4 is 10.2 Å². The molecule has 34 heavy (non-hydrogen) atoms. The van der Waals surface area contributed by atoms with Crippen LogP contribution in [0.5, 0.6) is 0 Å². The number of carboxylic acids is 2. The van der Waals surface area contributed by atoms with E-state index in [2.05, 4.69) is 0 Å². The number of ether oxygens (including phenoxy) is 2. The minimum Gasteiger partial charge on any atom is -0.549 e. The third-order valence-electron chi connectivity index (χ3n) is 6.70. The van der Waals surface area contributed by atoms with Crippen LogP contribution >= 0.6 is 0 Å². The quantitative estimate of drug-likeness (QED) is 0.303. The van der Waals surface area contributed by atoms with E-state index in [1.807, 2.05) is 0 Å². The molecule has 1 aliphatic carbocycles. The Morgan fingerprint density at radius 3 is 1.32 bits per heavy atom. The van der Waals surface area contributed by atoms with E-state index in [9.17, 15) is 29.4 Å². The molecule has 192 valence electrons. The van der Waals surface area contributed by atoms with Crippen LogP contribution in [0.15, 0.2) is 0 Å². The molecule has 0 spiro atoms. The normalized spacial score (nSPS) is 23.8. The van der Waals surface area contributed by atoms with Crippen LogP contribution in [0.25, 0.3) is 0 Å². The van der Waals surface area contributed by atoms with Crippen LogP contribution in [-0.4, -0.2) is 134 Å². The van der Waals surface area contributed by atoms with Crippen LogP contribution in [0.4, 0.5) is 0 Å². The summed E-state index contributed by atoms with van der Waals surface area (Å²) in [6.07, 6.45) is 2.80. The van der Waals surface area contributed by atoms with Crippen molar-refractivity contribution in [3.05, 3.63) is 0 Å². The molecule has 2 atom stereocenters. The molecule has 2 unspecified atom stereocenters. The molecule has 2 aliphatic heterocycles. The molecule has 2 amide bonds. The van der Waals surface area contributed by atoms with Crippen molar-refractivity contribution in [2.45, 2.75) is 37.8 Å².